The molecule has 0 atom stereocenters. The Morgan fingerprint density at radius 1 is 1.17 bits per heavy atom. The summed E-state index contributed by atoms with van der Waals surface area (Å²) < 4.78 is 10.9. The van der Waals surface area contributed by atoms with Gasteiger partial charge in [-0.25, -0.2) is 0 Å². The van der Waals surface area contributed by atoms with E-state index in [0.29, 0.717) is 30.3 Å². The van der Waals surface area contributed by atoms with E-state index >= 15 is 0 Å². The van der Waals surface area contributed by atoms with E-state index in [1.165, 1.54) is 0 Å². The van der Waals surface area contributed by atoms with Crippen molar-refractivity contribution in [3.8, 4) is 11.5 Å². The van der Waals surface area contributed by atoms with E-state index in [9.17, 15) is 4.79 Å². The number of hydrogen-bond donors (Lipinski definition) is 0. The second-order valence-corrected chi connectivity index (χ2v) is 5.14. The van der Waals surface area contributed by atoms with E-state index < -0.39 is 5.54 Å². The maximum absolute atomic E-state index is 12.5. The molecule has 1 aliphatic heterocycles. The zero-order valence-corrected chi connectivity index (χ0v) is 11.3. The predicted octanol–water partition coefficient (Wildman–Crippen LogP) is 1.98. The second-order valence-electron chi connectivity index (χ2n) is 5.14. The average Bonchev–Trinajstić information content (AvgIpc) is 2.37. The van der Waals surface area contributed by atoms with Crippen LogP contribution in [0.2, 0.25) is 0 Å². The van der Waals surface area contributed by atoms with Gasteiger partial charge in [0.1, 0.15) is 13.2 Å². The summed E-state index contributed by atoms with van der Waals surface area (Å²) in [7, 11) is 3.80. The van der Waals surface area contributed by atoms with Crippen molar-refractivity contribution in [3.63, 3.8) is 0 Å². The van der Waals surface area contributed by atoms with Gasteiger partial charge in [0.2, 0.25) is 0 Å². The van der Waals surface area contributed by atoms with Crippen LogP contribution in [-0.2, 0) is 0 Å². The molecule has 0 spiro atoms. The minimum atomic E-state index is -0.538. The van der Waals surface area contributed by atoms with Crippen molar-refractivity contribution < 1.29 is 14.3 Å². The number of ether oxygens (including phenoxy) is 2. The number of benzene rings is 1. The number of hydrogen-bond acceptors (Lipinski definition) is 4. The van der Waals surface area contributed by atoms with Gasteiger partial charge in [0.15, 0.2) is 17.3 Å². The van der Waals surface area contributed by atoms with E-state index in [-0.39, 0.29) is 5.78 Å². The molecule has 0 N–H and O–H groups in total. The lowest BCUT2D eigenvalue weighted by Gasteiger charge is -2.31. The Balaban J connectivity index is 2.32. The SMILES string of the molecule is CN(C)C(C)(C)C(=O)c1ccc2c(c1)OCCO2. The van der Waals surface area contributed by atoms with Gasteiger partial charge in [-0.2, -0.15) is 0 Å². The molecule has 1 aromatic carbocycles. The Kier molecular flexibility index (Phi) is 3.30. The standard InChI is InChI=1S/C14H19NO3/c1-14(2,15(3)4)13(16)10-5-6-11-12(9-10)18-8-7-17-11/h5-6,9H,7-8H2,1-4H3. The highest BCUT2D eigenvalue weighted by Gasteiger charge is 2.31. The van der Waals surface area contributed by atoms with Crippen LogP contribution < -0.4 is 9.47 Å². The molecule has 0 radical (unpaired) electrons. The maximum Gasteiger partial charge on any atom is 0.182 e. The molecule has 2 rings (SSSR count). The van der Waals surface area contributed by atoms with Crippen molar-refractivity contribution in [2.45, 2.75) is 19.4 Å². The molecule has 1 aromatic rings. The van der Waals surface area contributed by atoms with Crippen LogP contribution in [0.4, 0.5) is 0 Å². The van der Waals surface area contributed by atoms with Crippen molar-refractivity contribution in [1.82, 2.24) is 4.90 Å². The number of carbonyl (C=O) groups is 1. The number of ketones is 1. The molecule has 0 aliphatic carbocycles. The predicted molar refractivity (Wildman–Crippen MR) is 69.5 cm³/mol. The van der Waals surface area contributed by atoms with E-state index in [4.69, 9.17) is 9.47 Å². The summed E-state index contributed by atoms with van der Waals surface area (Å²) in [6.07, 6.45) is 0. The minimum Gasteiger partial charge on any atom is -0.486 e. The summed E-state index contributed by atoms with van der Waals surface area (Å²) in [5.74, 6) is 1.44. The zero-order chi connectivity index (χ0) is 13.3. The Labute approximate surface area is 107 Å². The Hall–Kier alpha value is -1.55. The number of likely N-dealkylation sites (N-methyl/N-ethyl adjacent to an activating group) is 1. The molecule has 1 aliphatic rings. The molecule has 4 nitrogen and oxygen atoms in total. The van der Waals surface area contributed by atoms with Gasteiger partial charge in [0.05, 0.1) is 5.54 Å². The molecule has 4 heteroatoms. The van der Waals surface area contributed by atoms with Gasteiger partial charge < -0.3 is 9.47 Å². The summed E-state index contributed by atoms with van der Waals surface area (Å²) in [6, 6.07) is 5.36. The summed E-state index contributed by atoms with van der Waals surface area (Å²) >= 11 is 0. The molecule has 18 heavy (non-hydrogen) atoms. The molecule has 0 fully saturated rings. The quantitative estimate of drug-likeness (QED) is 0.768. The van der Waals surface area contributed by atoms with Crippen LogP contribution in [0.1, 0.15) is 24.2 Å². The number of carbonyl (C=O) groups excluding carboxylic acids is 1. The van der Waals surface area contributed by atoms with Crippen molar-refractivity contribution >= 4 is 5.78 Å². The average molecular weight is 249 g/mol. The van der Waals surface area contributed by atoms with Crippen molar-refractivity contribution in [2.75, 3.05) is 27.3 Å². The first kappa shape index (κ1) is 12.9. The normalized spacial score (nSPS) is 14.7. The summed E-state index contributed by atoms with van der Waals surface area (Å²) in [4.78, 5) is 14.4. The molecule has 0 bridgehead atoms. The number of rotatable bonds is 3. The van der Waals surface area contributed by atoms with Crippen LogP contribution in [0.5, 0.6) is 11.5 Å². The Morgan fingerprint density at radius 3 is 2.39 bits per heavy atom. The van der Waals surface area contributed by atoms with Crippen molar-refractivity contribution in [1.29, 1.82) is 0 Å². The van der Waals surface area contributed by atoms with Gasteiger partial charge in [0, 0.05) is 5.56 Å². The Morgan fingerprint density at radius 2 is 1.78 bits per heavy atom. The highest BCUT2D eigenvalue weighted by Crippen LogP contribution is 2.32. The van der Waals surface area contributed by atoms with Crippen molar-refractivity contribution in [2.24, 2.45) is 0 Å². The molecule has 0 saturated carbocycles. The minimum absolute atomic E-state index is 0.0736. The first-order valence-electron chi connectivity index (χ1n) is 6.05. The van der Waals surface area contributed by atoms with E-state index in [1.54, 1.807) is 18.2 Å². The molecule has 98 valence electrons. The lowest BCUT2D eigenvalue weighted by atomic mass is 9.92. The third kappa shape index (κ3) is 2.20. The summed E-state index contributed by atoms with van der Waals surface area (Å²) in [5.41, 5.74) is 0.113. The van der Waals surface area contributed by atoms with Crippen LogP contribution in [0.15, 0.2) is 18.2 Å². The van der Waals surface area contributed by atoms with Crippen LogP contribution in [0, 0.1) is 0 Å². The fourth-order valence-electron chi connectivity index (χ4n) is 1.74. The summed E-state index contributed by atoms with van der Waals surface area (Å²) in [5, 5.41) is 0. The highest BCUT2D eigenvalue weighted by molar-refractivity contribution is 6.03. The van der Waals surface area contributed by atoms with Crippen LogP contribution in [0.25, 0.3) is 0 Å². The Bertz CT molecular complexity index is 466. The first-order valence-corrected chi connectivity index (χ1v) is 6.05. The molecule has 0 saturated heterocycles. The number of nitrogens with zero attached hydrogens (tertiary/aromatic N) is 1. The van der Waals surface area contributed by atoms with E-state index in [2.05, 4.69) is 0 Å². The lowest BCUT2D eigenvalue weighted by molar-refractivity contribution is 0.0754. The third-order valence-electron chi connectivity index (χ3n) is 3.48. The van der Waals surface area contributed by atoms with Gasteiger partial charge in [0.25, 0.3) is 0 Å². The fraction of sp³-hybridized carbons (Fsp3) is 0.500. The smallest absolute Gasteiger partial charge is 0.182 e. The van der Waals surface area contributed by atoms with Gasteiger partial charge in [-0.05, 0) is 46.1 Å². The van der Waals surface area contributed by atoms with Gasteiger partial charge in [-0.1, -0.05) is 0 Å². The molecule has 0 unspecified atom stereocenters. The van der Waals surface area contributed by atoms with Gasteiger partial charge in [-0.3, -0.25) is 9.69 Å². The number of Topliss-reactive ketones (excluding diaryl/α,β-unsaturated/α-hetero) is 1. The summed E-state index contributed by atoms with van der Waals surface area (Å²) in [6.45, 7) is 4.91. The van der Waals surface area contributed by atoms with Crippen molar-refractivity contribution in [3.05, 3.63) is 23.8 Å². The van der Waals surface area contributed by atoms with Gasteiger partial charge >= 0.3 is 0 Å². The van der Waals surface area contributed by atoms with Gasteiger partial charge in [-0.15, -0.1) is 0 Å². The van der Waals surface area contributed by atoms with Crippen LogP contribution in [-0.4, -0.2) is 43.5 Å². The topological polar surface area (TPSA) is 38.8 Å². The third-order valence-corrected chi connectivity index (χ3v) is 3.48. The molecule has 0 amide bonds. The number of fused-ring (bicyclic) bond motifs is 1. The maximum atomic E-state index is 12.5. The lowest BCUT2D eigenvalue weighted by Crippen LogP contribution is -2.45. The fourth-order valence-corrected chi connectivity index (χ4v) is 1.74. The van der Waals surface area contributed by atoms with E-state index in [0.717, 1.165) is 0 Å². The first-order chi connectivity index (χ1) is 8.43. The van der Waals surface area contributed by atoms with Crippen LogP contribution >= 0.6 is 0 Å². The van der Waals surface area contributed by atoms with E-state index in [1.807, 2.05) is 32.8 Å². The second kappa shape index (κ2) is 4.61. The molecule has 1 heterocycles. The highest BCUT2D eigenvalue weighted by atomic mass is 16.6. The monoisotopic (exact) mass is 249 g/mol. The molecular weight excluding hydrogens is 230 g/mol. The van der Waals surface area contributed by atoms with Crippen LogP contribution in [0.3, 0.4) is 0 Å². The zero-order valence-electron chi connectivity index (χ0n) is 11.3. The molecule has 0 aromatic heterocycles. The largest absolute Gasteiger partial charge is 0.486 e. The molecular formula is C14H19NO3.